The molecule has 2 aliphatic rings. The Morgan fingerprint density at radius 3 is 2.94 bits per heavy atom. The van der Waals surface area contributed by atoms with Crippen LogP contribution in [0.1, 0.15) is 19.3 Å². The summed E-state index contributed by atoms with van der Waals surface area (Å²) in [4.78, 5) is 27.2. The summed E-state index contributed by atoms with van der Waals surface area (Å²) in [6.07, 6.45) is 1.32. The molecule has 2 N–H and O–H groups in total. The monoisotopic (exact) mass is 258 g/mol. The van der Waals surface area contributed by atoms with Gasteiger partial charge in [-0.05, 0) is 18.6 Å². The van der Waals surface area contributed by atoms with Crippen molar-refractivity contribution in [3.8, 4) is 0 Å². The van der Waals surface area contributed by atoms with Crippen LogP contribution < -0.4 is 5.32 Å². The van der Waals surface area contributed by atoms with Crippen molar-refractivity contribution in [3.63, 3.8) is 0 Å². The molecule has 0 aromatic carbocycles. The number of carboxylic acid groups (broad SMARTS) is 1. The Hall–Kier alpha value is -1.24. The minimum absolute atomic E-state index is 0.0427. The molecule has 17 heavy (non-hydrogen) atoms. The van der Waals surface area contributed by atoms with Crippen molar-refractivity contribution in [1.29, 1.82) is 0 Å². The number of rotatable bonds is 3. The van der Waals surface area contributed by atoms with E-state index in [-0.39, 0.29) is 24.1 Å². The van der Waals surface area contributed by atoms with Crippen molar-refractivity contribution in [3.05, 3.63) is 0 Å². The largest absolute Gasteiger partial charge is 0.477 e. The fraction of sp³-hybridized carbons (Fsp3) is 0.700. The SMILES string of the molecule is O=C(O)C1=NOC(C(=O)NC2CCCSC2)C1. The van der Waals surface area contributed by atoms with Crippen molar-refractivity contribution >= 4 is 29.4 Å². The van der Waals surface area contributed by atoms with Gasteiger partial charge in [0, 0.05) is 18.2 Å². The predicted molar refractivity (Wildman–Crippen MR) is 63.1 cm³/mol. The first-order valence-electron chi connectivity index (χ1n) is 5.51. The number of amides is 1. The lowest BCUT2D eigenvalue weighted by Crippen LogP contribution is -2.44. The third-order valence-corrected chi connectivity index (χ3v) is 3.93. The number of nitrogens with zero attached hydrogens (tertiary/aromatic N) is 1. The van der Waals surface area contributed by atoms with E-state index in [2.05, 4.69) is 10.5 Å². The van der Waals surface area contributed by atoms with Gasteiger partial charge in [-0.1, -0.05) is 5.16 Å². The fourth-order valence-electron chi connectivity index (χ4n) is 1.79. The summed E-state index contributed by atoms with van der Waals surface area (Å²) < 4.78 is 0. The number of carbonyl (C=O) groups is 2. The van der Waals surface area contributed by atoms with Gasteiger partial charge in [0.15, 0.2) is 5.71 Å². The quantitative estimate of drug-likeness (QED) is 0.756. The first kappa shape index (κ1) is 12.2. The van der Waals surface area contributed by atoms with Crippen LogP contribution in [0.2, 0.25) is 0 Å². The Balaban J connectivity index is 1.80. The molecule has 0 radical (unpaired) electrons. The highest BCUT2D eigenvalue weighted by Crippen LogP contribution is 2.18. The van der Waals surface area contributed by atoms with E-state index in [0.717, 1.165) is 24.3 Å². The molecule has 6 nitrogen and oxygen atoms in total. The molecule has 2 unspecified atom stereocenters. The van der Waals surface area contributed by atoms with E-state index < -0.39 is 12.1 Å². The molecule has 1 fully saturated rings. The second-order valence-corrected chi connectivity index (χ2v) is 5.21. The molecule has 2 rings (SSSR count). The van der Waals surface area contributed by atoms with Crippen molar-refractivity contribution in [1.82, 2.24) is 5.32 Å². The van der Waals surface area contributed by atoms with Crippen LogP contribution in [0.5, 0.6) is 0 Å². The van der Waals surface area contributed by atoms with Crippen LogP contribution in [0.15, 0.2) is 5.16 Å². The number of aliphatic carboxylic acids is 1. The zero-order chi connectivity index (χ0) is 12.3. The smallest absolute Gasteiger partial charge is 0.353 e. The number of carbonyl (C=O) groups excluding carboxylic acids is 1. The second kappa shape index (κ2) is 5.39. The second-order valence-electron chi connectivity index (χ2n) is 4.06. The van der Waals surface area contributed by atoms with E-state index in [1.165, 1.54) is 0 Å². The number of carboxylic acids is 1. The topological polar surface area (TPSA) is 88.0 Å². The Morgan fingerprint density at radius 1 is 1.53 bits per heavy atom. The van der Waals surface area contributed by atoms with E-state index in [4.69, 9.17) is 9.94 Å². The number of hydrogen-bond acceptors (Lipinski definition) is 5. The van der Waals surface area contributed by atoms with Gasteiger partial charge in [0.05, 0.1) is 0 Å². The molecule has 0 aromatic heterocycles. The molecular formula is C10H14N2O4S. The average molecular weight is 258 g/mol. The summed E-state index contributed by atoms with van der Waals surface area (Å²) >= 11 is 1.81. The van der Waals surface area contributed by atoms with E-state index in [0.29, 0.717) is 0 Å². The molecule has 0 aromatic rings. The highest BCUT2D eigenvalue weighted by atomic mass is 32.2. The lowest BCUT2D eigenvalue weighted by atomic mass is 10.1. The van der Waals surface area contributed by atoms with Crippen LogP contribution in [-0.2, 0) is 14.4 Å². The Kier molecular flexibility index (Phi) is 3.88. The van der Waals surface area contributed by atoms with Gasteiger partial charge in [0.2, 0.25) is 6.10 Å². The molecule has 7 heteroatoms. The maximum Gasteiger partial charge on any atom is 0.353 e. The minimum Gasteiger partial charge on any atom is -0.477 e. The lowest BCUT2D eigenvalue weighted by Gasteiger charge is -2.23. The van der Waals surface area contributed by atoms with Crippen LogP contribution in [-0.4, -0.2) is 46.3 Å². The Labute approximate surface area is 103 Å². The highest BCUT2D eigenvalue weighted by molar-refractivity contribution is 7.99. The third kappa shape index (κ3) is 3.12. The number of hydrogen-bond donors (Lipinski definition) is 2. The number of oxime groups is 1. The molecule has 0 bridgehead atoms. The van der Waals surface area contributed by atoms with Crippen LogP contribution in [0.3, 0.4) is 0 Å². The lowest BCUT2D eigenvalue weighted by molar-refractivity contribution is -0.131. The highest BCUT2D eigenvalue weighted by Gasteiger charge is 2.32. The van der Waals surface area contributed by atoms with Crippen LogP contribution in [0, 0.1) is 0 Å². The van der Waals surface area contributed by atoms with E-state index >= 15 is 0 Å². The molecule has 94 valence electrons. The Morgan fingerprint density at radius 2 is 2.35 bits per heavy atom. The molecular weight excluding hydrogens is 244 g/mol. The van der Waals surface area contributed by atoms with E-state index in [1.54, 1.807) is 0 Å². The van der Waals surface area contributed by atoms with Gasteiger partial charge in [-0.15, -0.1) is 0 Å². The van der Waals surface area contributed by atoms with Gasteiger partial charge in [0.25, 0.3) is 5.91 Å². The summed E-state index contributed by atoms with van der Waals surface area (Å²) in [7, 11) is 0. The van der Waals surface area contributed by atoms with Crippen LogP contribution in [0.4, 0.5) is 0 Å². The van der Waals surface area contributed by atoms with Crippen LogP contribution >= 0.6 is 11.8 Å². The van der Waals surface area contributed by atoms with Gasteiger partial charge in [-0.3, -0.25) is 4.79 Å². The molecule has 2 heterocycles. The molecule has 2 atom stereocenters. The van der Waals surface area contributed by atoms with Crippen molar-refractivity contribution in [2.45, 2.75) is 31.4 Å². The van der Waals surface area contributed by atoms with Gasteiger partial charge in [-0.25, -0.2) is 4.79 Å². The summed E-state index contributed by atoms with van der Waals surface area (Å²) in [6, 6.07) is 0.165. The van der Waals surface area contributed by atoms with E-state index in [1.807, 2.05) is 11.8 Å². The maximum absolute atomic E-state index is 11.8. The summed E-state index contributed by atoms with van der Waals surface area (Å²) in [6.45, 7) is 0. The van der Waals surface area contributed by atoms with Crippen molar-refractivity contribution in [2.75, 3.05) is 11.5 Å². The molecule has 0 aliphatic carbocycles. The maximum atomic E-state index is 11.8. The minimum atomic E-state index is -1.13. The first-order chi connectivity index (χ1) is 8.16. The normalized spacial score (nSPS) is 28.1. The predicted octanol–water partition coefficient (Wildman–Crippen LogP) is 0.228. The Bertz CT molecular complexity index is 352. The zero-order valence-corrected chi connectivity index (χ0v) is 10.0. The molecule has 0 saturated carbocycles. The molecule has 0 spiro atoms. The molecule has 1 saturated heterocycles. The van der Waals surface area contributed by atoms with Crippen LogP contribution in [0.25, 0.3) is 0 Å². The van der Waals surface area contributed by atoms with Crippen molar-refractivity contribution in [2.24, 2.45) is 5.16 Å². The summed E-state index contributed by atoms with van der Waals surface area (Å²) in [5.74, 6) is 0.648. The fourth-order valence-corrected chi connectivity index (χ4v) is 2.86. The van der Waals surface area contributed by atoms with Gasteiger partial charge in [-0.2, -0.15) is 11.8 Å². The summed E-state index contributed by atoms with van der Waals surface area (Å²) in [5, 5.41) is 14.9. The van der Waals surface area contributed by atoms with Gasteiger partial charge >= 0.3 is 5.97 Å². The average Bonchev–Trinajstić information content (AvgIpc) is 2.79. The van der Waals surface area contributed by atoms with Gasteiger partial charge in [0.1, 0.15) is 0 Å². The molecule has 1 amide bonds. The molecule has 2 aliphatic heterocycles. The third-order valence-electron chi connectivity index (χ3n) is 2.71. The number of nitrogens with one attached hydrogen (secondary N) is 1. The first-order valence-corrected chi connectivity index (χ1v) is 6.66. The number of thioether (sulfide) groups is 1. The van der Waals surface area contributed by atoms with Gasteiger partial charge < -0.3 is 15.3 Å². The summed E-state index contributed by atoms with van der Waals surface area (Å²) in [5.41, 5.74) is -0.0943. The van der Waals surface area contributed by atoms with E-state index in [9.17, 15) is 9.59 Å². The van der Waals surface area contributed by atoms with Crippen molar-refractivity contribution < 1.29 is 19.5 Å². The standard InChI is InChI=1S/C10H14N2O4S/c13-9(11-6-2-1-3-17-5-6)8-4-7(10(14)15)12-16-8/h6,8H,1-5H2,(H,11,13)(H,14,15). The zero-order valence-electron chi connectivity index (χ0n) is 9.22.